The van der Waals surface area contributed by atoms with E-state index in [0.29, 0.717) is 23.7 Å². The van der Waals surface area contributed by atoms with Gasteiger partial charge >= 0.3 is 0 Å². The number of benzene rings is 1. The van der Waals surface area contributed by atoms with Crippen LogP contribution in [0.3, 0.4) is 0 Å². The number of carbonyl (C=O) groups is 1. The molecule has 7 heteroatoms. The van der Waals surface area contributed by atoms with E-state index in [2.05, 4.69) is 15.4 Å². The van der Waals surface area contributed by atoms with Gasteiger partial charge in [-0.15, -0.1) is 0 Å². The van der Waals surface area contributed by atoms with Crippen molar-refractivity contribution in [2.75, 3.05) is 31.6 Å². The average molecular weight is 344 g/mol. The van der Waals surface area contributed by atoms with Crippen molar-refractivity contribution in [1.29, 1.82) is 0 Å². The fourth-order valence-electron chi connectivity index (χ4n) is 2.91. The lowest BCUT2D eigenvalue weighted by molar-refractivity contribution is 0.0952. The van der Waals surface area contributed by atoms with Crippen molar-refractivity contribution < 1.29 is 14.1 Å². The first kappa shape index (κ1) is 17.3. The van der Waals surface area contributed by atoms with Gasteiger partial charge in [-0.3, -0.25) is 4.79 Å². The first-order valence-corrected chi connectivity index (χ1v) is 8.53. The fourth-order valence-corrected chi connectivity index (χ4v) is 2.91. The van der Waals surface area contributed by atoms with Gasteiger partial charge in [0.25, 0.3) is 5.91 Å². The molecule has 3 rings (SSSR count). The van der Waals surface area contributed by atoms with E-state index in [1.165, 1.54) is 0 Å². The van der Waals surface area contributed by atoms with E-state index in [1.807, 2.05) is 31.2 Å². The van der Waals surface area contributed by atoms with E-state index in [-0.39, 0.29) is 11.9 Å². The zero-order valence-electron chi connectivity index (χ0n) is 14.6. The molecule has 1 amide bonds. The molecule has 1 aromatic heterocycles. The summed E-state index contributed by atoms with van der Waals surface area (Å²) in [6, 6.07) is 7.25. The molecule has 0 aliphatic carbocycles. The van der Waals surface area contributed by atoms with Crippen LogP contribution < -0.4 is 20.7 Å². The van der Waals surface area contributed by atoms with Gasteiger partial charge in [0.1, 0.15) is 11.3 Å². The lowest BCUT2D eigenvalue weighted by atomic mass is 10.1. The second kappa shape index (κ2) is 7.57. The van der Waals surface area contributed by atoms with Gasteiger partial charge in [-0.05, 0) is 44.0 Å². The Bertz CT molecular complexity index is 718. The monoisotopic (exact) mass is 344 g/mol. The molecule has 1 aromatic carbocycles. The highest BCUT2D eigenvalue weighted by atomic mass is 16.5. The Labute approximate surface area is 147 Å². The summed E-state index contributed by atoms with van der Waals surface area (Å²) in [5, 5.41) is 7.06. The van der Waals surface area contributed by atoms with Crippen LogP contribution in [0.5, 0.6) is 5.75 Å². The first-order valence-electron chi connectivity index (χ1n) is 8.53. The molecule has 0 bridgehead atoms. The molecule has 3 N–H and O–H groups in total. The van der Waals surface area contributed by atoms with E-state index >= 15 is 0 Å². The molecule has 1 aliphatic rings. The minimum atomic E-state index is -0.216. The zero-order chi connectivity index (χ0) is 17.8. The van der Waals surface area contributed by atoms with E-state index in [1.54, 1.807) is 7.11 Å². The topological polar surface area (TPSA) is 93.6 Å². The third-order valence-corrected chi connectivity index (χ3v) is 4.24. The predicted octanol–water partition coefficient (Wildman–Crippen LogP) is 2.03. The first-order chi connectivity index (χ1) is 12.1. The van der Waals surface area contributed by atoms with E-state index < -0.39 is 0 Å². The molecule has 1 aliphatic heterocycles. The van der Waals surface area contributed by atoms with Crippen molar-refractivity contribution in [2.45, 2.75) is 25.8 Å². The Hall–Kier alpha value is -2.54. The molecular weight excluding hydrogens is 320 g/mol. The number of methoxy groups -OCH3 is 1. The Morgan fingerprint density at radius 3 is 2.64 bits per heavy atom. The van der Waals surface area contributed by atoms with Gasteiger partial charge in [0, 0.05) is 31.2 Å². The number of carbonyl (C=O) groups excluding carboxylic acids is 1. The molecular formula is C18H24N4O3. The van der Waals surface area contributed by atoms with Gasteiger partial charge in [-0.25, -0.2) is 0 Å². The minimum Gasteiger partial charge on any atom is -0.497 e. The van der Waals surface area contributed by atoms with Crippen molar-refractivity contribution in [2.24, 2.45) is 5.73 Å². The largest absolute Gasteiger partial charge is 0.497 e. The highest BCUT2D eigenvalue weighted by Crippen LogP contribution is 2.33. The number of amides is 1. The summed E-state index contributed by atoms with van der Waals surface area (Å²) in [7, 11) is 1.61. The Morgan fingerprint density at radius 2 is 2.04 bits per heavy atom. The van der Waals surface area contributed by atoms with E-state index in [9.17, 15) is 4.79 Å². The van der Waals surface area contributed by atoms with Crippen LogP contribution in [0.1, 0.15) is 30.1 Å². The highest BCUT2D eigenvalue weighted by Gasteiger charge is 2.29. The van der Waals surface area contributed by atoms with E-state index in [0.717, 1.165) is 37.2 Å². The lowest BCUT2D eigenvalue weighted by Gasteiger charge is -2.16. The SMILES string of the molecule is COc1ccc(-c2onc(N3CCCC3)c2C(=O)NC[C@H](C)N)cc1. The number of ether oxygens (including phenoxy) is 1. The standard InChI is InChI=1S/C18H24N4O3/c1-12(19)11-20-18(23)15-16(13-5-7-14(24-2)8-6-13)25-21-17(15)22-9-3-4-10-22/h5-8,12H,3-4,9-11,19H2,1-2H3,(H,20,23)/t12-/m0/s1. The molecule has 25 heavy (non-hydrogen) atoms. The molecule has 0 saturated carbocycles. The number of rotatable bonds is 6. The summed E-state index contributed by atoms with van der Waals surface area (Å²) in [6.07, 6.45) is 2.18. The quantitative estimate of drug-likeness (QED) is 0.833. The number of nitrogens with one attached hydrogen (secondary N) is 1. The summed E-state index contributed by atoms with van der Waals surface area (Å²) >= 11 is 0. The molecule has 134 valence electrons. The van der Waals surface area contributed by atoms with Crippen molar-refractivity contribution in [3.05, 3.63) is 29.8 Å². The zero-order valence-corrected chi connectivity index (χ0v) is 14.6. The van der Waals surface area contributed by atoms with Gasteiger partial charge < -0.3 is 25.2 Å². The van der Waals surface area contributed by atoms with Crippen LogP contribution in [0.4, 0.5) is 5.82 Å². The number of nitrogens with zero attached hydrogens (tertiary/aromatic N) is 2. The summed E-state index contributed by atoms with van der Waals surface area (Å²) in [4.78, 5) is 14.9. The van der Waals surface area contributed by atoms with Crippen molar-refractivity contribution in [3.63, 3.8) is 0 Å². The van der Waals surface area contributed by atoms with Crippen molar-refractivity contribution in [1.82, 2.24) is 10.5 Å². The molecule has 0 radical (unpaired) electrons. The number of aromatic nitrogens is 1. The maximum atomic E-state index is 12.8. The minimum absolute atomic E-state index is 0.122. The van der Waals surface area contributed by atoms with Crippen LogP contribution in [0.15, 0.2) is 28.8 Å². The van der Waals surface area contributed by atoms with Crippen LogP contribution in [0.25, 0.3) is 11.3 Å². The van der Waals surface area contributed by atoms with Crippen molar-refractivity contribution in [3.8, 4) is 17.1 Å². The smallest absolute Gasteiger partial charge is 0.259 e. The van der Waals surface area contributed by atoms with E-state index in [4.69, 9.17) is 15.0 Å². The second-order valence-electron chi connectivity index (χ2n) is 6.32. The summed E-state index contributed by atoms with van der Waals surface area (Å²) < 4.78 is 10.8. The Balaban J connectivity index is 1.97. The van der Waals surface area contributed by atoms with Gasteiger partial charge in [-0.2, -0.15) is 0 Å². The maximum Gasteiger partial charge on any atom is 0.259 e. The Kier molecular flexibility index (Phi) is 5.23. The normalized spacial score (nSPS) is 15.2. The van der Waals surface area contributed by atoms with Gasteiger partial charge in [-0.1, -0.05) is 5.16 Å². The van der Waals surface area contributed by atoms with Gasteiger partial charge in [0.2, 0.25) is 0 Å². The number of nitrogens with two attached hydrogens (primary N) is 1. The molecule has 2 heterocycles. The molecule has 2 aromatic rings. The predicted molar refractivity (Wildman–Crippen MR) is 95.9 cm³/mol. The summed E-state index contributed by atoms with van der Waals surface area (Å²) in [5.41, 5.74) is 7.00. The van der Waals surface area contributed by atoms with Crippen LogP contribution >= 0.6 is 0 Å². The van der Waals surface area contributed by atoms with Crippen LogP contribution in [0.2, 0.25) is 0 Å². The number of anilines is 1. The summed E-state index contributed by atoms with van der Waals surface area (Å²) in [5.74, 6) is 1.59. The Morgan fingerprint density at radius 1 is 1.36 bits per heavy atom. The molecule has 1 atom stereocenters. The molecule has 0 unspecified atom stereocenters. The lowest BCUT2D eigenvalue weighted by Crippen LogP contribution is -2.36. The molecule has 0 spiro atoms. The van der Waals surface area contributed by atoms with Crippen LogP contribution in [0, 0.1) is 0 Å². The molecule has 1 fully saturated rings. The number of hydrogen-bond acceptors (Lipinski definition) is 6. The highest BCUT2D eigenvalue weighted by molar-refractivity contribution is 6.04. The fraction of sp³-hybridized carbons (Fsp3) is 0.444. The van der Waals surface area contributed by atoms with Gasteiger partial charge in [0.05, 0.1) is 7.11 Å². The van der Waals surface area contributed by atoms with Gasteiger partial charge in [0.15, 0.2) is 11.6 Å². The van der Waals surface area contributed by atoms with Crippen molar-refractivity contribution >= 4 is 11.7 Å². The third-order valence-electron chi connectivity index (χ3n) is 4.24. The third kappa shape index (κ3) is 3.76. The average Bonchev–Trinajstić information content (AvgIpc) is 3.28. The molecule has 1 saturated heterocycles. The second-order valence-corrected chi connectivity index (χ2v) is 6.32. The van der Waals surface area contributed by atoms with Crippen LogP contribution in [-0.4, -0.2) is 43.8 Å². The molecule has 7 nitrogen and oxygen atoms in total. The maximum absolute atomic E-state index is 12.8. The van der Waals surface area contributed by atoms with Crippen LogP contribution in [-0.2, 0) is 0 Å². The number of hydrogen-bond donors (Lipinski definition) is 2. The summed E-state index contributed by atoms with van der Waals surface area (Å²) in [6.45, 7) is 4.00.